The lowest BCUT2D eigenvalue weighted by Gasteiger charge is -2.19. The number of esters is 1. The van der Waals surface area contributed by atoms with Crippen LogP contribution in [0.1, 0.15) is 12.8 Å². The summed E-state index contributed by atoms with van der Waals surface area (Å²) in [6.45, 7) is 0.230. The van der Waals surface area contributed by atoms with Crippen molar-refractivity contribution in [1.82, 2.24) is 0 Å². The van der Waals surface area contributed by atoms with Crippen molar-refractivity contribution in [3.63, 3.8) is 0 Å². The highest BCUT2D eigenvalue weighted by atomic mass is 16.5. The van der Waals surface area contributed by atoms with E-state index in [1.807, 2.05) is 42.5 Å². The third-order valence-electron chi connectivity index (χ3n) is 8.28. The molecule has 2 bridgehead atoms. The van der Waals surface area contributed by atoms with Crippen molar-refractivity contribution >= 4 is 45.8 Å². The number of rotatable bonds is 4. The number of carbonyl (C=O) groups excluding carboxylic acids is 4. The third-order valence-corrected chi connectivity index (χ3v) is 8.28. The first-order valence-corrected chi connectivity index (χ1v) is 12.7. The number of hydrogen-bond acceptors (Lipinski definition) is 5. The van der Waals surface area contributed by atoms with Crippen LogP contribution in [0.5, 0.6) is 5.75 Å². The Morgan fingerprint density at radius 1 is 0.838 bits per heavy atom. The lowest BCUT2D eigenvalue weighted by molar-refractivity contribution is -0.139. The Balaban J connectivity index is 1.09. The summed E-state index contributed by atoms with van der Waals surface area (Å²) in [4.78, 5) is 55.1. The van der Waals surface area contributed by atoms with E-state index in [1.165, 1.54) is 4.90 Å². The average molecular weight is 493 g/mol. The highest BCUT2D eigenvalue weighted by Gasteiger charge is 2.59. The van der Waals surface area contributed by atoms with E-state index in [1.54, 1.807) is 29.2 Å². The Morgan fingerprint density at radius 2 is 1.54 bits per heavy atom. The highest BCUT2D eigenvalue weighted by Crippen LogP contribution is 2.53. The predicted molar refractivity (Wildman–Crippen MR) is 137 cm³/mol. The number of imide groups is 1. The fraction of sp³-hybridized carbons (Fsp3) is 0.267. The summed E-state index contributed by atoms with van der Waals surface area (Å²) >= 11 is 0. The van der Waals surface area contributed by atoms with Gasteiger partial charge in [-0.25, -0.2) is 4.90 Å². The fourth-order valence-electron chi connectivity index (χ4n) is 6.58. The summed E-state index contributed by atoms with van der Waals surface area (Å²) in [7, 11) is 0. The number of fused-ring (bicyclic) bond motifs is 6. The molecule has 3 aromatic rings. The molecule has 0 aromatic heterocycles. The second kappa shape index (κ2) is 8.13. The molecule has 0 radical (unpaired) electrons. The van der Waals surface area contributed by atoms with Crippen molar-refractivity contribution in [1.29, 1.82) is 0 Å². The zero-order valence-electron chi connectivity index (χ0n) is 19.9. The molecule has 2 saturated heterocycles. The zero-order chi connectivity index (χ0) is 25.3. The molecule has 0 spiro atoms. The Morgan fingerprint density at radius 3 is 2.32 bits per heavy atom. The monoisotopic (exact) mass is 492 g/mol. The average Bonchev–Trinajstić information content (AvgIpc) is 3.67. The number of carbonyl (C=O) groups is 4. The molecule has 37 heavy (non-hydrogen) atoms. The van der Waals surface area contributed by atoms with Gasteiger partial charge in [0.15, 0.2) is 0 Å². The standard InChI is InChI=1S/C30H24N2O5/c33-25-14-20(16-31(25)24-10-3-6-17-5-1-2-9-23(17)24)30(36)37-22-8-4-7-21(15-22)32-28(34)26-18-11-12-19(13-18)27(26)29(32)35/h1-12,15,18-20,26-27H,13-14,16H2/t18-,19-,20-,26+,27+/m0/s1. The number of amides is 3. The Labute approximate surface area is 213 Å². The van der Waals surface area contributed by atoms with Gasteiger partial charge < -0.3 is 9.64 Å². The minimum absolute atomic E-state index is 0.0595. The lowest BCUT2D eigenvalue weighted by Crippen LogP contribution is -2.32. The molecule has 2 heterocycles. The van der Waals surface area contributed by atoms with Gasteiger partial charge in [-0.3, -0.25) is 19.2 Å². The maximum Gasteiger partial charge on any atom is 0.316 e. The van der Waals surface area contributed by atoms with Crippen molar-refractivity contribution in [2.24, 2.45) is 29.6 Å². The molecule has 2 aliphatic carbocycles. The number of benzene rings is 3. The summed E-state index contributed by atoms with van der Waals surface area (Å²) < 4.78 is 5.66. The van der Waals surface area contributed by atoms with Gasteiger partial charge in [-0.1, -0.05) is 54.6 Å². The van der Waals surface area contributed by atoms with E-state index in [-0.39, 0.29) is 60.1 Å². The topological polar surface area (TPSA) is 84.0 Å². The van der Waals surface area contributed by atoms with Crippen LogP contribution in [0, 0.1) is 29.6 Å². The molecule has 0 unspecified atom stereocenters. The summed E-state index contributed by atoms with van der Waals surface area (Å²) in [5.74, 6) is -1.70. The van der Waals surface area contributed by atoms with E-state index in [9.17, 15) is 19.2 Å². The van der Waals surface area contributed by atoms with Crippen LogP contribution >= 0.6 is 0 Å². The SMILES string of the molecule is O=C(Oc1cccc(N2C(=O)[C@H]3[C@H](C2=O)[C@H]2C=C[C@H]3C2)c1)[C@H]1CC(=O)N(c2cccc3ccccc23)C1. The van der Waals surface area contributed by atoms with Crippen molar-refractivity contribution in [3.8, 4) is 5.75 Å². The predicted octanol–water partition coefficient (Wildman–Crippen LogP) is 4.11. The fourth-order valence-corrected chi connectivity index (χ4v) is 6.58. The van der Waals surface area contributed by atoms with Gasteiger partial charge in [0.25, 0.3) is 0 Å². The molecule has 184 valence electrons. The highest BCUT2D eigenvalue weighted by molar-refractivity contribution is 6.23. The van der Waals surface area contributed by atoms with E-state index in [0.717, 1.165) is 22.9 Å². The van der Waals surface area contributed by atoms with E-state index < -0.39 is 11.9 Å². The van der Waals surface area contributed by atoms with Gasteiger partial charge >= 0.3 is 5.97 Å². The number of ether oxygens (including phenoxy) is 1. The Kier molecular flexibility index (Phi) is 4.83. The quantitative estimate of drug-likeness (QED) is 0.237. The van der Waals surface area contributed by atoms with E-state index in [0.29, 0.717) is 5.69 Å². The zero-order valence-corrected chi connectivity index (χ0v) is 19.9. The molecular weight excluding hydrogens is 468 g/mol. The van der Waals surface area contributed by atoms with Crippen LogP contribution < -0.4 is 14.5 Å². The van der Waals surface area contributed by atoms with Crippen molar-refractivity contribution in [2.75, 3.05) is 16.3 Å². The van der Waals surface area contributed by atoms with Gasteiger partial charge in [0.1, 0.15) is 5.75 Å². The van der Waals surface area contributed by atoms with Crippen molar-refractivity contribution in [2.45, 2.75) is 12.8 Å². The molecule has 3 fully saturated rings. The maximum atomic E-state index is 13.2. The molecule has 7 rings (SSSR count). The minimum Gasteiger partial charge on any atom is -0.426 e. The molecular formula is C30H24N2O5. The van der Waals surface area contributed by atoms with Crippen molar-refractivity contribution < 1.29 is 23.9 Å². The first kappa shape index (κ1) is 22.0. The maximum absolute atomic E-state index is 13.2. The number of nitrogens with zero attached hydrogens (tertiary/aromatic N) is 2. The Hall–Kier alpha value is -4.26. The van der Waals surface area contributed by atoms with E-state index in [2.05, 4.69) is 12.2 Å². The molecule has 0 N–H and O–H groups in total. The van der Waals surface area contributed by atoms with Gasteiger partial charge in [0.05, 0.1) is 29.1 Å². The van der Waals surface area contributed by atoms with Gasteiger partial charge in [-0.15, -0.1) is 0 Å². The summed E-state index contributed by atoms with van der Waals surface area (Å²) in [6.07, 6.45) is 5.05. The lowest BCUT2D eigenvalue weighted by atomic mass is 9.85. The molecule has 4 aliphatic rings. The molecule has 5 atom stereocenters. The van der Waals surface area contributed by atoms with Crippen LogP contribution in [0.15, 0.2) is 78.9 Å². The normalized spacial score (nSPS) is 28.0. The molecule has 7 nitrogen and oxygen atoms in total. The molecule has 3 aromatic carbocycles. The summed E-state index contributed by atoms with van der Waals surface area (Å²) in [6, 6.07) is 20.1. The van der Waals surface area contributed by atoms with Crippen LogP contribution in [-0.4, -0.2) is 30.2 Å². The van der Waals surface area contributed by atoms with Gasteiger partial charge in [-0.05, 0) is 41.8 Å². The van der Waals surface area contributed by atoms with Crippen LogP contribution in [-0.2, 0) is 19.2 Å². The van der Waals surface area contributed by atoms with E-state index in [4.69, 9.17) is 4.74 Å². The van der Waals surface area contributed by atoms with Crippen molar-refractivity contribution in [3.05, 3.63) is 78.9 Å². The second-order valence-corrected chi connectivity index (χ2v) is 10.3. The molecule has 2 aliphatic heterocycles. The van der Waals surface area contributed by atoms with Crippen LogP contribution in [0.25, 0.3) is 10.8 Å². The first-order valence-electron chi connectivity index (χ1n) is 12.7. The first-order chi connectivity index (χ1) is 18.0. The smallest absolute Gasteiger partial charge is 0.316 e. The molecule has 7 heteroatoms. The molecule has 1 saturated carbocycles. The minimum atomic E-state index is -0.619. The third kappa shape index (κ3) is 3.34. The number of anilines is 2. The summed E-state index contributed by atoms with van der Waals surface area (Å²) in [5.41, 5.74) is 1.19. The van der Waals surface area contributed by atoms with E-state index >= 15 is 0 Å². The number of allylic oxidation sites excluding steroid dienone is 2. The largest absolute Gasteiger partial charge is 0.426 e. The second-order valence-electron chi connectivity index (χ2n) is 10.3. The van der Waals surface area contributed by atoms with Crippen LogP contribution in [0.3, 0.4) is 0 Å². The summed E-state index contributed by atoms with van der Waals surface area (Å²) in [5, 5.41) is 1.97. The van der Waals surface area contributed by atoms with Gasteiger partial charge in [0.2, 0.25) is 17.7 Å². The van der Waals surface area contributed by atoms with Gasteiger partial charge in [-0.2, -0.15) is 0 Å². The Bertz CT molecular complexity index is 1490. The van der Waals surface area contributed by atoms with Gasteiger partial charge in [0, 0.05) is 24.4 Å². The molecule has 3 amide bonds. The van der Waals surface area contributed by atoms with Crippen LogP contribution in [0.4, 0.5) is 11.4 Å². The van der Waals surface area contributed by atoms with Crippen LogP contribution in [0.2, 0.25) is 0 Å². The number of hydrogen-bond donors (Lipinski definition) is 0.